The van der Waals surface area contributed by atoms with Gasteiger partial charge in [0.25, 0.3) is 0 Å². The molecule has 0 N–H and O–H groups in total. The number of benzene rings is 2. The van der Waals surface area contributed by atoms with Crippen LogP contribution in [0.15, 0.2) is 48.7 Å². The molecule has 0 aliphatic heterocycles. The molecule has 5 aromatic rings. The van der Waals surface area contributed by atoms with Crippen LogP contribution in [0.25, 0.3) is 38.5 Å². The molecule has 3 nitrogen and oxygen atoms in total. The van der Waals surface area contributed by atoms with Gasteiger partial charge in [-0.2, -0.15) is 0 Å². The van der Waals surface area contributed by atoms with E-state index in [1.807, 2.05) is 6.20 Å². The van der Waals surface area contributed by atoms with Gasteiger partial charge in [0, 0.05) is 17.0 Å². The van der Waals surface area contributed by atoms with Gasteiger partial charge in [0.1, 0.15) is 5.65 Å². The molecule has 3 heteroatoms. The van der Waals surface area contributed by atoms with Crippen LogP contribution in [0.2, 0.25) is 0 Å². The third-order valence-electron chi connectivity index (χ3n) is 8.73. The largest absolute Gasteiger partial charge is 0.292 e. The third kappa shape index (κ3) is 3.16. The molecule has 0 spiro atoms. The zero-order valence-electron chi connectivity index (χ0n) is 20.2. The van der Waals surface area contributed by atoms with Crippen molar-refractivity contribution in [2.45, 2.75) is 83.0 Å². The molecule has 172 valence electrons. The molecule has 0 unspecified atom stereocenters. The summed E-state index contributed by atoms with van der Waals surface area (Å²) in [4.78, 5) is 10.1. The van der Waals surface area contributed by atoms with E-state index in [0.717, 1.165) is 16.7 Å². The maximum absolute atomic E-state index is 5.21. The van der Waals surface area contributed by atoms with Gasteiger partial charge < -0.3 is 0 Å². The van der Waals surface area contributed by atoms with Crippen LogP contribution in [0.1, 0.15) is 92.7 Å². The first-order valence-corrected chi connectivity index (χ1v) is 13.4. The maximum atomic E-state index is 5.21. The first-order chi connectivity index (χ1) is 16.8. The van der Waals surface area contributed by atoms with Crippen molar-refractivity contribution in [1.82, 2.24) is 14.4 Å². The molecule has 0 saturated heterocycles. The van der Waals surface area contributed by atoms with Crippen molar-refractivity contribution in [1.29, 1.82) is 0 Å². The molecule has 2 aromatic carbocycles. The Hall–Kier alpha value is -2.94. The van der Waals surface area contributed by atoms with E-state index in [4.69, 9.17) is 9.97 Å². The number of hydrogen-bond acceptors (Lipinski definition) is 2. The Morgan fingerprint density at radius 2 is 1.38 bits per heavy atom. The van der Waals surface area contributed by atoms with Gasteiger partial charge in [0.2, 0.25) is 0 Å². The number of nitrogens with zero attached hydrogens (tertiary/aromatic N) is 3. The Labute approximate surface area is 201 Å². The molecule has 3 aromatic heterocycles. The molecule has 2 aliphatic carbocycles. The fourth-order valence-corrected chi connectivity index (χ4v) is 6.86. The SMILES string of the molecule is Cc1ccnc2c3ccc(C4CCCCC4)cc3n3c4cc(C5CCCCC5)ccc4nc3c12. The predicted octanol–water partition coefficient (Wildman–Crippen LogP) is 8.59. The van der Waals surface area contributed by atoms with Crippen molar-refractivity contribution in [2.24, 2.45) is 0 Å². The van der Waals surface area contributed by atoms with Gasteiger partial charge >= 0.3 is 0 Å². The molecule has 0 atom stereocenters. The van der Waals surface area contributed by atoms with Gasteiger partial charge in [0.05, 0.1) is 22.1 Å². The third-order valence-corrected chi connectivity index (χ3v) is 8.73. The zero-order valence-corrected chi connectivity index (χ0v) is 20.2. The topological polar surface area (TPSA) is 30.2 Å². The van der Waals surface area contributed by atoms with Gasteiger partial charge in [0.15, 0.2) is 0 Å². The predicted molar refractivity (Wildman–Crippen MR) is 142 cm³/mol. The van der Waals surface area contributed by atoms with Crippen LogP contribution in [0.3, 0.4) is 0 Å². The Kier molecular flexibility index (Phi) is 4.85. The van der Waals surface area contributed by atoms with Crippen molar-refractivity contribution in [3.8, 4) is 0 Å². The van der Waals surface area contributed by atoms with E-state index in [9.17, 15) is 0 Å². The van der Waals surface area contributed by atoms with E-state index >= 15 is 0 Å². The molecular weight excluding hydrogens is 414 g/mol. The van der Waals surface area contributed by atoms with E-state index in [0.29, 0.717) is 11.8 Å². The lowest BCUT2D eigenvalue weighted by atomic mass is 9.83. The van der Waals surface area contributed by atoms with Gasteiger partial charge in [-0.25, -0.2) is 4.98 Å². The molecular formula is C31H33N3. The Balaban J connectivity index is 1.55. The van der Waals surface area contributed by atoms with E-state index in [1.54, 1.807) is 0 Å². The van der Waals surface area contributed by atoms with Crippen LogP contribution in [0, 0.1) is 6.92 Å². The van der Waals surface area contributed by atoms with Crippen molar-refractivity contribution >= 4 is 38.5 Å². The summed E-state index contributed by atoms with van der Waals surface area (Å²) in [7, 11) is 0. The lowest BCUT2D eigenvalue weighted by Crippen LogP contribution is -2.05. The molecule has 0 bridgehead atoms. The minimum absolute atomic E-state index is 0.682. The van der Waals surface area contributed by atoms with Gasteiger partial charge in [-0.05, 0) is 85.4 Å². The summed E-state index contributed by atoms with van der Waals surface area (Å²) in [5.74, 6) is 1.37. The second kappa shape index (κ2) is 8.08. The molecule has 2 aliphatic rings. The highest BCUT2D eigenvalue weighted by Crippen LogP contribution is 2.39. The maximum Gasteiger partial charge on any atom is 0.148 e. The molecule has 34 heavy (non-hydrogen) atoms. The summed E-state index contributed by atoms with van der Waals surface area (Å²) in [6.45, 7) is 2.19. The number of pyridine rings is 2. The summed E-state index contributed by atoms with van der Waals surface area (Å²) in [5.41, 5.74) is 10.0. The van der Waals surface area contributed by atoms with E-state index in [1.165, 1.54) is 103 Å². The Bertz CT molecular complexity index is 1530. The number of rotatable bonds is 2. The van der Waals surface area contributed by atoms with E-state index in [2.05, 4.69) is 53.8 Å². The molecule has 0 radical (unpaired) electrons. The van der Waals surface area contributed by atoms with Crippen LogP contribution < -0.4 is 0 Å². The Morgan fingerprint density at radius 1 is 0.735 bits per heavy atom. The van der Waals surface area contributed by atoms with Crippen LogP contribution >= 0.6 is 0 Å². The first kappa shape index (κ1) is 20.4. The zero-order chi connectivity index (χ0) is 22.6. The second-order valence-corrected chi connectivity index (χ2v) is 10.8. The number of fused-ring (bicyclic) bond motifs is 8. The summed E-state index contributed by atoms with van der Waals surface area (Å²) >= 11 is 0. The highest BCUT2D eigenvalue weighted by Gasteiger charge is 2.21. The summed E-state index contributed by atoms with van der Waals surface area (Å²) < 4.78 is 2.46. The summed E-state index contributed by atoms with van der Waals surface area (Å²) in [5, 5.41) is 2.43. The van der Waals surface area contributed by atoms with Crippen molar-refractivity contribution in [2.75, 3.05) is 0 Å². The number of aromatic nitrogens is 3. The molecule has 2 saturated carbocycles. The molecule has 2 fully saturated rings. The van der Waals surface area contributed by atoms with Crippen molar-refractivity contribution in [3.05, 3.63) is 65.4 Å². The summed E-state index contributed by atoms with van der Waals surface area (Å²) in [6.07, 6.45) is 15.4. The van der Waals surface area contributed by atoms with Gasteiger partial charge in [-0.3, -0.25) is 9.38 Å². The number of aryl methyl sites for hydroxylation is 1. The van der Waals surface area contributed by atoms with Gasteiger partial charge in [-0.15, -0.1) is 0 Å². The monoisotopic (exact) mass is 447 g/mol. The standard InChI is InChI=1S/C31H33N3/c1-20-16-17-32-30-25-14-12-23(21-8-4-2-5-9-21)18-27(25)34-28-19-24(22-10-6-3-7-11-22)13-15-26(28)33-31(34)29(20)30/h12-19,21-22H,2-11H2,1H3. The van der Waals surface area contributed by atoms with Crippen molar-refractivity contribution in [3.63, 3.8) is 0 Å². The lowest BCUT2D eigenvalue weighted by molar-refractivity contribution is 0.444. The average molecular weight is 448 g/mol. The quantitative estimate of drug-likeness (QED) is 0.254. The van der Waals surface area contributed by atoms with Crippen LogP contribution in [0.5, 0.6) is 0 Å². The average Bonchev–Trinajstić information content (AvgIpc) is 3.28. The fraction of sp³-hybridized carbons (Fsp3) is 0.419. The second-order valence-electron chi connectivity index (χ2n) is 10.8. The smallest absolute Gasteiger partial charge is 0.148 e. The van der Waals surface area contributed by atoms with Crippen molar-refractivity contribution < 1.29 is 0 Å². The number of imidazole rings is 1. The molecule has 0 amide bonds. The lowest BCUT2D eigenvalue weighted by Gasteiger charge is -2.23. The molecule has 3 heterocycles. The normalized spacial score (nSPS) is 18.5. The summed E-state index contributed by atoms with van der Waals surface area (Å²) in [6, 6.07) is 16.4. The van der Waals surface area contributed by atoms with Crippen LogP contribution in [-0.4, -0.2) is 14.4 Å². The Morgan fingerprint density at radius 3 is 2.09 bits per heavy atom. The minimum Gasteiger partial charge on any atom is -0.292 e. The minimum atomic E-state index is 0.682. The van der Waals surface area contributed by atoms with Gasteiger partial charge in [-0.1, -0.05) is 56.7 Å². The van der Waals surface area contributed by atoms with Crippen LogP contribution in [0.4, 0.5) is 0 Å². The number of hydrogen-bond donors (Lipinski definition) is 0. The fourth-order valence-electron chi connectivity index (χ4n) is 6.86. The first-order valence-electron chi connectivity index (χ1n) is 13.4. The van der Waals surface area contributed by atoms with E-state index < -0.39 is 0 Å². The highest BCUT2D eigenvalue weighted by molar-refractivity contribution is 6.13. The van der Waals surface area contributed by atoms with Crippen LogP contribution in [-0.2, 0) is 0 Å². The van der Waals surface area contributed by atoms with E-state index in [-0.39, 0.29) is 0 Å². The highest BCUT2D eigenvalue weighted by atomic mass is 15.0. The molecule has 7 rings (SSSR count).